The highest BCUT2D eigenvalue weighted by Crippen LogP contribution is 2.29. The molecule has 0 aromatic heterocycles. The van der Waals surface area contributed by atoms with Gasteiger partial charge < -0.3 is 15.0 Å². The lowest BCUT2D eigenvalue weighted by Crippen LogP contribution is -2.45. The molecule has 0 spiro atoms. The van der Waals surface area contributed by atoms with Crippen LogP contribution in [0.5, 0.6) is 0 Å². The summed E-state index contributed by atoms with van der Waals surface area (Å²) in [7, 11) is 4.03. The van der Waals surface area contributed by atoms with Crippen molar-refractivity contribution in [2.75, 3.05) is 40.4 Å². The van der Waals surface area contributed by atoms with Crippen LogP contribution in [0.4, 0.5) is 0 Å². The fraction of sp³-hybridized carbons (Fsp3) is 1.00. The molecule has 1 saturated carbocycles. The van der Waals surface area contributed by atoms with E-state index in [9.17, 15) is 0 Å². The fourth-order valence-electron chi connectivity index (χ4n) is 3.20. The summed E-state index contributed by atoms with van der Waals surface area (Å²) in [5.41, 5.74) is 0. The Hall–Kier alpha value is -0.120. The smallest absolute Gasteiger partial charge is 0.0474 e. The Bertz CT molecular complexity index is 211. The maximum Gasteiger partial charge on any atom is 0.0474 e. The largest absolute Gasteiger partial charge is 0.385 e. The molecule has 18 heavy (non-hydrogen) atoms. The minimum absolute atomic E-state index is 0.732. The number of hydrogen-bond acceptors (Lipinski definition) is 3. The highest BCUT2D eigenvalue weighted by molar-refractivity contribution is 4.84. The normalized spacial score (nSPS) is 28.8. The molecule has 1 aliphatic carbocycles. The first-order valence-corrected chi connectivity index (χ1v) is 7.58. The topological polar surface area (TPSA) is 24.5 Å². The van der Waals surface area contributed by atoms with Gasteiger partial charge in [-0.1, -0.05) is 13.8 Å². The number of nitrogens with one attached hydrogen (secondary N) is 1. The Balaban J connectivity index is 2.34. The van der Waals surface area contributed by atoms with Crippen LogP contribution in [0.1, 0.15) is 39.5 Å². The van der Waals surface area contributed by atoms with Crippen molar-refractivity contribution in [1.29, 1.82) is 0 Å². The minimum Gasteiger partial charge on any atom is -0.385 e. The van der Waals surface area contributed by atoms with E-state index >= 15 is 0 Å². The average molecular weight is 256 g/mol. The molecule has 0 bridgehead atoms. The third-order valence-electron chi connectivity index (χ3n) is 4.15. The van der Waals surface area contributed by atoms with Gasteiger partial charge in [-0.2, -0.15) is 0 Å². The van der Waals surface area contributed by atoms with Crippen LogP contribution in [-0.2, 0) is 4.74 Å². The van der Waals surface area contributed by atoms with Gasteiger partial charge in [-0.05, 0) is 51.1 Å². The summed E-state index contributed by atoms with van der Waals surface area (Å²) < 4.78 is 5.12. The van der Waals surface area contributed by atoms with Crippen LogP contribution < -0.4 is 5.32 Å². The zero-order chi connectivity index (χ0) is 13.4. The molecule has 0 radical (unpaired) electrons. The van der Waals surface area contributed by atoms with E-state index in [-0.39, 0.29) is 0 Å². The molecule has 1 fully saturated rings. The zero-order valence-corrected chi connectivity index (χ0v) is 12.7. The lowest BCUT2D eigenvalue weighted by molar-refractivity contribution is 0.144. The molecule has 3 heteroatoms. The average Bonchev–Trinajstić information content (AvgIpc) is 2.33. The first-order chi connectivity index (χ1) is 8.67. The van der Waals surface area contributed by atoms with Crippen molar-refractivity contribution < 1.29 is 4.74 Å². The van der Waals surface area contributed by atoms with E-state index in [0.717, 1.165) is 44.0 Å². The summed E-state index contributed by atoms with van der Waals surface area (Å²) in [6, 6.07) is 0.732. The monoisotopic (exact) mass is 256 g/mol. The molecule has 1 N–H and O–H groups in total. The third kappa shape index (κ3) is 5.68. The molecule has 0 aromatic carbocycles. The Kier molecular flexibility index (Phi) is 7.87. The molecular weight excluding hydrogens is 224 g/mol. The fourth-order valence-corrected chi connectivity index (χ4v) is 3.20. The molecule has 1 rings (SSSR count). The maximum atomic E-state index is 5.12. The molecule has 0 aromatic rings. The van der Waals surface area contributed by atoms with Crippen molar-refractivity contribution >= 4 is 0 Å². The van der Waals surface area contributed by atoms with E-state index in [2.05, 4.69) is 31.1 Å². The lowest BCUT2D eigenvalue weighted by atomic mass is 9.78. The summed E-state index contributed by atoms with van der Waals surface area (Å²) in [6.45, 7) is 8.98. The van der Waals surface area contributed by atoms with Crippen LogP contribution in [0.2, 0.25) is 0 Å². The van der Waals surface area contributed by atoms with Gasteiger partial charge >= 0.3 is 0 Å². The SMILES string of the molecule is CCNC1CCC(C)CC1CN(C)CCCOC. The molecule has 0 amide bonds. The number of rotatable bonds is 8. The van der Waals surface area contributed by atoms with Gasteiger partial charge in [-0.15, -0.1) is 0 Å². The molecule has 0 saturated heterocycles. The first-order valence-electron chi connectivity index (χ1n) is 7.58. The highest BCUT2D eigenvalue weighted by Gasteiger charge is 2.28. The number of methoxy groups -OCH3 is 1. The van der Waals surface area contributed by atoms with Crippen LogP contribution in [0, 0.1) is 11.8 Å². The van der Waals surface area contributed by atoms with Crippen LogP contribution in [0.3, 0.4) is 0 Å². The van der Waals surface area contributed by atoms with Crippen molar-refractivity contribution in [1.82, 2.24) is 10.2 Å². The third-order valence-corrected chi connectivity index (χ3v) is 4.15. The van der Waals surface area contributed by atoms with Gasteiger partial charge in [-0.3, -0.25) is 0 Å². The van der Waals surface area contributed by atoms with Gasteiger partial charge in [0.25, 0.3) is 0 Å². The lowest BCUT2D eigenvalue weighted by Gasteiger charge is -2.37. The minimum atomic E-state index is 0.732. The summed E-state index contributed by atoms with van der Waals surface area (Å²) >= 11 is 0. The Morgan fingerprint density at radius 2 is 2.11 bits per heavy atom. The molecule has 3 nitrogen and oxygen atoms in total. The summed E-state index contributed by atoms with van der Waals surface area (Å²) in [5.74, 6) is 1.72. The van der Waals surface area contributed by atoms with E-state index in [1.807, 2.05) is 0 Å². The second kappa shape index (κ2) is 8.89. The maximum absolute atomic E-state index is 5.12. The second-order valence-electron chi connectivity index (χ2n) is 5.95. The van der Waals surface area contributed by atoms with Crippen LogP contribution in [0.25, 0.3) is 0 Å². The predicted octanol–water partition coefficient (Wildman–Crippen LogP) is 2.37. The van der Waals surface area contributed by atoms with Crippen LogP contribution in [0.15, 0.2) is 0 Å². The first kappa shape index (κ1) is 15.9. The summed E-state index contributed by atoms with van der Waals surface area (Å²) in [5, 5.41) is 3.68. The van der Waals surface area contributed by atoms with Crippen LogP contribution >= 0.6 is 0 Å². The van der Waals surface area contributed by atoms with E-state index in [4.69, 9.17) is 4.74 Å². The van der Waals surface area contributed by atoms with Crippen LogP contribution in [-0.4, -0.2) is 51.3 Å². The quantitative estimate of drug-likeness (QED) is 0.675. The van der Waals surface area contributed by atoms with Gasteiger partial charge in [0.2, 0.25) is 0 Å². The molecule has 0 aliphatic heterocycles. The molecule has 3 unspecified atom stereocenters. The van der Waals surface area contributed by atoms with Crippen molar-refractivity contribution in [3.8, 4) is 0 Å². The number of ether oxygens (including phenoxy) is 1. The highest BCUT2D eigenvalue weighted by atomic mass is 16.5. The molecule has 0 heterocycles. The standard InChI is InChI=1S/C15H32N2O/c1-5-16-15-8-7-13(2)11-14(15)12-17(3)9-6-10-18-4/h13-16H,5-12H2,1-4H3. The Morgan fingerprint density at radius 1 is 1.33 bits per heavy atom. The summed E-state index contributed by atoms with van der Waals surface area (Å²) in [6.07, 6.45) is 5.26. The molecular formula is C15H32N2O. The zero-order valence-electron chi connectivity index (χ0n) is 12.7. The van der Waals surface area contributed by atoms with Crippen molar-refractivity contribution in [2.24, 2.45) is 11.8 Å². The van der Waals surface area contributed by atoms with Gasteiger partial charge in [-0.25, -0.2) is 0 Å². The number of nitrogens with zero attached hydrogens (tertiary/aromatic N) is 1. The van der Waals surface area contributed by atoms with Crippen molar-refractivity contribution in [2.45, 2.75) is 45.6 Å². The van der Waals surface area contributed by atoms with Crippen molar-refractivity contribution in [3.05, 3.63) is 0 Å². The summed E-state index contributed by atoms with van der Waals surface area (Å²) in [4.78, 5) is 2.48. The Labute approximate surface area is 113 Å². The van der Waals surface area contributed by atoms with E-state index < -0.39 is 0 Å². The van der Waals surface area contributed by atoms with Gasteiger partial charge in [0, 0.05) is 32.8 Å². The number of hydrogen-bond donors (Lipinski definition) is 1. The molecule has 3 atom stereocenters. The molecule has 1 aliphatic rings. The van der Waals surface area contributed by atoms with E-state index in [1.54, 1.807) is 7.11 Å². The van der Waals surface area contributed by atoms with Gasteiger partial charge in [0.05, 0.1) is 0 Å². The van der Waals surface area contributed by atoms with E-state index in [1.165, 1.54) is 25.8 Å². The Morgan fingerprint density at radius 3 is 2.78 bits per heavy atom. The predicted molar refractivity (Wildman–Crippen MR) is 78.0 cm³/mol. The van der Waals surface area contributed by atoms with Gasteiger partial charge in [0.15, 0.2) is 0 Å². The molecule has 108 valence electrons. The second-order valence-corrected chi connectivity index (χ2v) is 5.95. The van der Waals surface area contributed by atoms with Crippen molar-refractivity contribution in [3.63, 3.8) is 0 Å². The van der Waals surface area contributed by atoms with Gasteiger partial charge in [0.1, 0.15) is 0 Å². The van der Waals surface area contributed by atoms with E-state index in [0.29, 0.717) is 0 Å².